The third-order valence-corrected chi connectivity index (χ3v) is 2.92. The van der Waals surface area contributed by atoms with Crippen molar-refractivity contribution in [3.63, 3.8) is 0 Å². The molecule has 1 atom stereocenters. The van der Waals surface area contributed by atoms with Crippen LogP contribution in [0, 0.1) is 0 Å². The molecule has 1 heterocycles. The van der Waals surface area contributed by atoms with E-state index in [0.29, 0.717) is 6.54 Å². The van der Waals surface area contributed by atoms with Gasteiger partial charge in [0.1, 0.15) is 11.9 Å². The topological polar surface area (TPSA) is 56.3 Å². The normalized spacial score (nSPS) is 12.2. The second kappa shape index (κ2) is 5.75. The Labute approximate surface area is 113 Å². The Morgan fingerprint density at radius 2 is 2.21 bits per heavy atom. The number of nitrogens with two attached hydrogens (primary N) is 1. The maximum Gasteiger partial charge on any atom is 0.139 e. The lowest BCUT2D eigenvalue weighted by Crippen LogP contribution is -2.18. The van der Waals surface area contributed by atoms with Gasteiger partial charge >= 0.3 is 0 Å². The van der Waals surface area contributed by atoms with Crippen molar-refractivity contribution in [2.24, 2.45) is 12.8 Å². The predicted octanol–water partition coefficient (Wildman–Crippen LogP) is 1.56. The molecule has 0 amide bonds. The van der Waals surface area contributed by atoms with Crippen molar-refractivity contribution in [1.82, 2.24) is 9.78 Å². The molecule has 19 heavy (non-hydrogen) atoms. The largest absolute Gasteiger partial charge is 0.484 e. The molecule has 0 saturated heterocycles. The fourth-order valence-electron chi connectivity index (χ4n) is 1.86. The van der Waals surface area contributed by atoms with Gasteiger partial charge in [0.15, 0.2) is 0 Å². The molecule has 2 rings (SSSR count). The first kappa shape index (κ1) is 13.4. The van der Waals surface area contributed by atoms with E-state index in [2.05, 4.69) is 5.10 Å². The van der Waals surface area contributed by atoms with Gasteiger partial charge in [-0.25, -0.2) is 0 Å². The van der Waals surface area contributed by atoms with E-state index >= 15 is 0 Å². The van der Waals surface area contributed by atoms with Crippen molar-refractivity contribution < 1.29 is 4.74 Å². The van der Waals surface area contributed by atoms with Gasteiger partial charge in [-0.15, -0.1) is 0 Å². The first-order valence-electron chi connectivity index (χ1n) is 6.23. The van der Waals surface area contributed by atoms with Crippen molar-refractivity contribution in [2.45, 2.75) is 6.10 Å². The van der Waals surface area contributed by atoms with Crippen LogP contribution in [0.2, 0.25) is 0 Å². The molecule has 1 aromatic carbocycles. The van der Waals surface area contributed by atoms with Crippen molar-refractivity contribution >= 4 is 5.69 Å². The van der Waals surface area contributed by atoms with Crippen molar-refractivity contribution in [2.75, 3.05) is 25.5 Å². The van der Waals surface area contributed by atoms with E-state index in [1.54, 1.807) is 10.9 Å². The SMILES string of the molecule is CN(C)c1cccc(OC(CN)c2cnn(C)c2)c1. The molecule has 0 aliphatic heterocycles. The van der Waals surface area contributed by atoms with Gasteiger partial charge in [0.05, 0.1) is 6.20 Å². The first-order chi connectivity index (χ1) is 9.10. The molecular weight excluding hydrogens is 240 g/mol. The molecule has 0 aliphatic rings. The Balaban J connectivity index is 2.16. The average molecular weight is 260 g/mol. The lowest BCUT2D eigenvalue weighted by Gasteiger charge is -2.18. The van der Waals surface area contributed by atoms with E-state index in [9.17, 15) is 0 Å². The van der Waals surface area contributed by atoms with E-state index in [4.69, 9.17) is 10.5 Å². The van der Waals surface area contributed by atoms with Gasteiger partial charge in [0.25, 0.3) is 0 Å². The van der Waals surface area contributed by atoms with E-state index in [-0.39, 0.29) is 6.10 Å². The molecule has 0 radical (unpaired) electrons. The summed E-state index contributed by atoms with van der Waals surface area (Å²) < 4.78 is 7.70. The third-order valence-electron chi connectivity index (χ3n) is 2.92. The van der Waals surface area contributed by atoms with Crippen LogP contribution in [0.4, 0.5) is 5.69 Å². The monoisotopic (exact) mass is 260 g/mol. The van der Waals surface area contributed by atoms with E-state index in [1.807, 2.05) is 56.5 Å². The molecule has 1 aromatic heterocycles. The summed E-state index contributed by atoms with van der Waals surface area (Å²) in [6.07, 6.45) is 3.53. The van der Waals surface area contributed by atoms with Crippen LogP contribution in [0.5, 0.6) is 5.75 Å². The lowest BCUT2D eigenvalue weighted by molar-refractivity contribution is 0.214. The first-order valence-corrected chi connectivity index (χ1v) is 6.23. The summed E-state index contributed by atoms with van der Waals surface area (Å²) in [5.41, 5.74) is 7.87. The quantitative estimate of drug-likeness (QED) is 0.886. The van der Waals surface area contributed by atoms with Gasteiger partial charge in [-0.3, -0.25) is 4.68 Å². The minimum Gasteiger partial charge on any atom is -0.484 e. The third kappa shape index (κ3) is 3.26. The molecule has 0 fully saturated rings. The number of nitrogens with zero attached hydrogens (tertiary/aromatic N) is 3. The summed E-state index contributed by atoms with van der Waals surface area (Å²) >= 11 is 0. The van der Waals surface area contributed by atoms with Crippen LogP contribution in [0.3, 0.4) is 0 Å². The fraction of sp³-hybridized carbons (Fsp3) is 0.357. The predicted molar refractivity (Wildman–Crippen MR) is 76.4 cm³/mol. The smallest absolute Gasteiger partial charge is 0.139 e. The summed E-state index contributed by atoms with van der Waals surface area (Å²) in [4.78, 5) is 2.04. The molecule has 1 unspecified atom stereocenters. The zero-order valence-electron chi connectivity index (χ0n) is 11.6. The number of hydrogen-bond donors (Lipinski definition) is 1. The standard InChI is InChI=1S/C14H20N4O/c1-17(2)12-5-4-6-13(7-12)19-14(8-15)11-9-16-18(3)10-11/h4-7,9-10,14H,8,15H2,1-3H3. The van der Waals surface area contributed by atoms with Crippen LogP contribution in [-0.2, 0) is 7.05 Å². The van der Waals surface area contributed by atoms with E-state index in [1.165, 1.54) is 0 Å². The lowest BCUT2D eigenvalue weighted by atomic mass is 10.2. The zero-order chi connectivity index (χ0) is 13.8. The zero-order valence-corrected chi connectivity index (χ0v) is 11.6. The molecule has 0 bridgehead atoms. The molecular formula is C14H20N4O. The minimum absolute atomic E-state index is 0.175. The highest BCUT2D eigenvalue weighted by molar-refractivity contribution is 5.49. The number of ether oxygens (including phenoxy) is 1. The number of aromatic nitrogens is 2. The van der Waals surface area contributed by atoms with Crippen molar-refractivity contribution in [3.8, 4) is 5.75 Å². The van der Waals surface area contributed by atoms with E-state index < -0.39 is 0 Å². The number of anilines is 1. The number of hydrogen-bond acceptors (Lipinski definition) is 4. The molecule has 2 aromatic rings. The van der Waals surface area contributed by atoms with Crippen LogP contribution in [0.25, 0.3) is 0 Å². The second-order valence-electron chi connectivity index (χ2n) is 4.68. The number of rotatable bonds is 5. The average Bonchev–Trinajstić information content (AvgIpc) is 2.83. The summed E-state index contributed by atoms with van der Waals surface area (Å²) in [5.74, 6) is 0.811. The van der Waals surface area contributed by atoms with Gasteiger partial charge in [-0.2, -0.15) is 5.10 Å². The highest BCUT2D eigenvalue weighted by Crippen LogP contribution is 2.24. The molecule has 2 N–H and O–H groups in total. The summed E-state index contributed by atoms with van der Waals surface area (Å²) in [6, 6.07) is 7.95. The van der Waals surface area contributed by atoms with Gasteiger partial charge in [-0.1, -0.05) is 6.07 Å². The summed E-state index contributed by atoms with van der Waals surface area (Å²) in [7, 11) is 5.88. The maximum absolute atomic E-state index is 5.95. The Bertz CT molecular complexity index is 536. The Hall–Kier alpha value is -2.01. The maximum atomic E-state index is 5.95. The van der Waals surface area contributed by atoms with Gasteiger partial charge in [-0.05, 0) is 12.1 Å². The van der Waals surface area contributed by atoms with Crippen LogP contribution in [0.1, 0.15) is 11.7 Å². The summed E-state index contributed by atoms with van der Waals surface area (Å²) in [6.45, 7) is 0.415. The Morgan fingerprint density at radius 1 is 1.42 bits per heavy atom. The number of aryl methyl sites for hydroxylation is 1. The van der Waals surface area contributed by atoms with Crippen LogP contribution < -0.4 is 15.4 Å². The van der Waals surface area contributed by atoms with Gasteiger partial charge in [0, 0.05) is 51.2 Å². The van der Waals surface area contributed by atoms with Gasteiger partial charge < -0.3 is 15.4 Å². The number of benzene rings is 1. The summed E-state index contributed by atoms with van der Waals surface area (Å²) in [5, 5.41) is 4.15. The Morgan fingerprint density at radius 3 is 2.79 bits per heavy atom. The second-order valence-corrected chi connectivity index (χ2v) is 4.68. The van der Waals surface area contributed by atoms with E-state index in [0.717, 1.165) is 17.0 Å². The van der Waals surface area contributed by atoms with Crippen LogP contribution in [-0.4, -0.2) is 30.4 Å². The molecule has 0 aliphatic carbocycles. The Kier molecular flexibility index (Phi) is 4.06. The molecule has 5 nitrogen and oxygen atoms in total. The molecule has 0 saturated carbocycles. The molecule has 5 heteroatoms. The van der Waals surface area contributed by atoms with Crippen molar-refractivity contribution in [3.05, 3.63) is 42.2 Å². The minimum atomic E-state index is -0.175. The van der Waals surface area contributed by atoms with Gasteiger partial charge in [0.2, 0.25) is 0 Å². The van der Waals surface area contributed by atoms with Crippen LogP contribution >= 0.6 is 0 Å². The highest BCUT2D eigenvalue weighted by Gasteiger charge is 2.13. The molecule has 0 spiro atoms. The highest BCUT2D eigenvalue weighted by atomic mass is 16.5. The fourth-order valence-corrected chi connectivity index (χ4v) is 1.86. The van der Waals surface area contributed by atoms with Crippen molar-refractivity contribution in [1.29, 1.82) is 0 Å². The van der Waals surface area contributed by atoms with Crippen LogP contribution in [0.15, 0.2) is 36.7 Å². The molecule has 102 valence electrons.